The van der Waals surface area contributed by atoms with Gasteiger partial charge >= 0.3 is 20.7 Å². The number of phosphoric ester groups is 1. The van der Waals surface area contributed by atoms with Crippen molar-refractivity contribution in [1.82, 2.24) is 34.5 Å². The molecule has 2 aromatic carbocycles. The van der Waals surface area contributed by atoms with Gasteiger partial charge in [-0.1, -0.05) is 56.3 Å². The Morgan fingerprint density at radius 3 is 2.33 bits per heavy atom. The van der Waals surface area contributed by atoms with Crippen molar-refractivity contribution in [3.8, 4) is 0 Å². The highest BCUT2D eigenvalue weighted by atomic mass is 32.5. The molecule has 70 heavy (non-hydrogen) atoms. The SMILES string of the molecule is O=C=O.[C-]#[N+]CCOP1(=O)OC[C@H]2O[C@@H](n3nnc4c(C)cccc43)[C@H](OP(=S)(OCC[N+]#[C-])OC[C@H]3O[C@@H](n4cnc5c(NC(=O)c6ccccc6)ncnc54)[C@H](F)[C@@H]3O1)[C@@H]2O[Si](C)(C)C(C)(C)C. The summed E-state index contributed by atoms with van der Waals surface area (Å²) in [5.74, 6) is -0.415. The number of nitrogens with one attached hydrogen (secondary N) is 1. The molecule has 0 aliphatic carbocycles. The third-order valence-corrected chi connectivity index (χ3v) is 20.1. The minimum Gasteiger partial charge on any atom is -0.408 e. The number of hydrogen-bond donors (Lipinski definition) is 1. The molecule has 0 spiro atoms. The Labute approximate surface area is 407 Å². The van der Waals surface area contributed by atoms with Crippen LogP contribution in [0.5, 0.6) is 0 Å². The van der Waals surface area contributed by atoms with E-state index >= 15 is 4.39 Å². The summed E-state index contributed by atoms with van der Waals surface area (Å²) in [6, 6.07) is 14.0. The average Bonchev–Trinajstić information content (AvgIpc) is 4.10. The van der Waals surface area contributed by atoms with E-state index in [4.69, 9.17) is 75.6 Å². The van der Waals surface area contributed by atoms with Crippen molar-refractivity contribution in [1.29, 1.82) is 0 Å². The van der Waals surface area contributed by atoms with E-state index in [1.165, 1.54) is 21.9 Å². The van der Waals surface area contributed by atoms with Crippen molar-refractivity contribution >= 4 is 74.7 Å². The number of benzene rings is 2. The number of fused-ring (bicyclic) bond motifs is 5. The van der Waals surface area contributed by atoms with Gasteiger partial charge in [-0.3, -0.25) is 27.5 Å². The molecule has 3 fully saturated rings. The van der Waals surface area contributed by atoms with E-state index in [1.807, 2.05) is 38.2 Å². The first kappa shape index (κ1) is 52.7. The number of phosphoric acid groups is 1. The second-order valence-corrected chi connectivity index (χ2v) is 26.7. The van der Waals surface area contributed by atoms with E-state index in [1.54, 1.807) is 30.3 Å². The van der Waals surface area contributed by atoms with E-state index in [0.717, 1.165) is 5.56 Å². The number of anilines is 1. The van der Waals surface area contributed by atoms with E-state index in [0.29, 0.717) is 16.6 Å². The quantitative estimate of drug-likeness (QED) is 0.0584. The molecule has 3 aliphatic heterocycles. The molecule has 2 bridgehead atoms. The topological polar surface area (TPSA) is 246 Å². The summed E-state index contributed by atoms with van der Waals surface area (Å²) in [4.78, 5) is 49.0. The highest BCUT2D eigenvalue weighted by Gasteiger charge is 2.57. The number of ether oxygens (including phenoxy) is 2. The first-order valence-corrected chi connectivity index (χ1v) is 28.6. The Morgan fingerprint density at radius 1 is 0.943 bits per heavy atom. The van der Waals surface area contributed by atoms with E-state index in [2.05, 4.69) is 61.0 Å². The van der Waals surface area contributed by atoms with Crippen molar-refractivity contribution in [3.63, 3.8) is 0 Å². The fourth-order valence-electron chi connectivity index (χ4n) is 7.40. The van der Waals surface area contributed by atoms with Crippen LogP contribution in [0, 0.1) is 20.1 Å². The van der Waals surface area contributed by atoms with Gasteiger partial charge in [0.15, 0.2) is 43.9 Å². The van der Waals surface area contributed by atoms with Gasteiger partial charge < -0.3 is 38.0 Å². The molecule has 6 heterocycles. The summed E-state index contributed by atoms with van der Waals surface area (Å²) >= 11 is 6.12. The number of alkyl halides is 1. The van der Waals surface area contributed by atoms with Crippen molar-refractivity contribution in [2.75, 3.05) is 44.8 Å². The molecular formula is C42H49FN10O13P2SSi. The van der Waals surface area contributed by atoms with Crippen LogP contribution < -0.4 is 5.32 Å². The molecule has 372 valence electrons. The molecule has 23 nitrogen and oxygen atoms in total. The number of aromatic nitrogens is 7. The van der Waals surface area contributed by atoms with Crippen LogP contribution in [0.4, 0.5) is 10.2 Å². The first-order valence-electron chi connectivity index (χ1n) is 21.6. The number of nitrogens with zero attached hydrogens (tertiary/aromatic N) is 9. The Bertz CT molecular complexity index is 2890. The Kier molecular flexibility index (Phi) is 16.7. The van der Waals surface area contributed by atoms with Gasteiger partial charge in [0.05, 0.1) is 25.1 Å². The maximum Gasteiger partial charge on any atom is 0.475 e. The zero-order valence-electron chi connectivity index (χ0n) is 38.6. The molecule has 3 saturated heterocycles. The fourth-order valence-corrected chi connectivity index (χ4v) is 12.2. The van der Waals surface area contributed by atoms with Crippen molar-refractivity contribution < 1.29 is 64.4 Å². The summed E-state index contributed by atoms with van der Waals surface area (Å²) in [5, 5.41) is 11.3. The number of carbonyl (C=O) groups excluding carboxylic acids is 3. The Hall–Kier alpha value is -5.11. The number of aryl methyl sites for hydroxylation is 1. The number of rotatable bonds is 12. The fraction of sp³-hybridized carbons (Fsp3) is 0.500. The minimum absolute atomic E-state index is 0.0497. The predicted octanol–water partition coefficient (Wildman–Crippen LogP) is 6.79. The molecule has 1 N–H and O–H groups in total. The maximum absolute atomic E-state index is 17.3. The van der Waals surface area contributed by atoms with Crippen molar-refractivity contribution in [2.24, 2.45) is 0 Å². The molecule has 3 aromatic heterocycles. The number of carbonyl (C=O) groups is 1. The second-order valence-electron chi connectivity index (χ2n) is 17.4. The molecule has 8 rings (SSSR count). The number of amides is 1. The lowest BCUT2D eigenvalue weighted by Crippen LogP contribution is -2.50. The smallest absolute Gasteiger partial charge is 0.408 e. The van der Waals surface area contributed by atoms with E-state index in [9.17, 15) is 9.36 Å². The molecule has 5 aromatic rings. The van der Waals surface area contributed by atoms with Crippen LogP contribution in [0.3, 0.4) is 0 Å². The van der Waals surface area contributed by atoms with Gasteiger partial charge in [-0.25, -0.2) is 41.7 Å². The van der Waals surface area contributed by atoms with Gasteiger partial charge in [-0.15, -0.1) is 5.10 Å². The normalized spacial score (nSPS) is 28.2. The van der Waals surface area contributed by atoms with Crippen LogP contribution >= 0.6 is 14.5 Å². The van der Waals surface area contributed by atoms with Crippen LogP contribution in [0.15, 0.2) is 61.2 Å². The maximum atomic E-state index is 17.3. The van der Waals surface area contributed by atoms with Crippen molar-refractivity contribution in [2.45, 2.75) is 95.0 Å². The van der Waals surface area contributed by atoms with E-state index < -0.39 is 97.7 Å². The second kappa shape index (κ2) is 22.1. The first-order chi connectivity index (χ1) is 33.4. The van der Waals surface area contributed by atoms with E-state index in [-0.39, 0.29) is 47.9 Å². The lowest BCUT2D eigenvalue weighted by atomic mass is 10.1. The molecule has 1 amide bonds. The number of hydrogen-bond acceptors (Lipinski definition) is 19. The van der Waals surface area contributed by atoms with Gasteiger partial charge in [-0.2, -0.15) is 9.59 Å². The highest BCUT2D eigenvalue weighted by Crippen LogP contribution is 2.59. The van der Waals surface area contributed by atoms with Gasteiger partial charge in [0.1, 0.15) is 55.6 Å². The monoisotopic (exact) mass is 1040 g/mol. The van der Waals surface area contributed by atoms with Crippen LogP contribution in [-0.2, 0) is 67.0 Å². The van der Waals surface area contributed by atoms with Crippen molar-refractivity contribution in [3.05, 3.63) is 95.1 Å². The molecule has 10 atom stereocenters. The standard InChI is InChI=1S/C41H49FN10O11P2SSi.CO2/c1-25-13-12-16-27-31(25)49-50-52(27)40-35-34(63-67(7,8)41(2,3)4)29(60-40)21-57-64(54,55-19-17-43-5)61-33-28(22-58-65(66,62-35)56-20-18-44-6)59-39(30(33)42)51-24-47-32-36(45-23-46-37(32)51)48-38(53)26-14-10-9-11-15-26;2-1-3/h9-16,23-24,28-30,33-35,39-40H,17-22H2,1-4,7-8H3,(H,45,46,48,53);/t28-,29-,30-,33-,34-,35-,39-,40-,64?,65?;/m1./s1. The molecule has 2 unspecified atom stereocenters. The van der Waals surface area contributed by atoms with Crippen LogP contribution in [0.1, 0.15) is 49.1 Å². The largest absolute Gasteiger partial charge is 0.475 e. The summed E-state index contributed by atoms with van der Waals surface area (Å²) in [5.41, 5.74) is 2.60. The lowest BCUT2D eigenvalue weighted by Gasteiger charge is -2.41. The van der Waals surface area contributed by atoms with Gasteiger partial charge in [0.25, 0.3) is 5.91 Å². The van der Waals surface area contributed by atoms with Gasteiger partial charge in [-0.05, 0) is 60.6 Å². The highest BCUT2D eigenvalue weighted by molar-refractivity contribution is 8.07. The lowest BCUT2D eigenvalue weighted by molar-refractivity contribution is -0.191. The van der Waals surface area contributed by atoms with Gasteiger partial charge in [0, 0.05) is 5.56 Å². The summed E-state index contributed by atoms with van der Waals surface area (Å²) in [6.07, 6.45) is -8.59. The average molecular weight is 1040 g/mol. The minimum atomic E-state index is -4.84. The van der Waals surface area contributed by atoms with Crippen LogP contribution in [0.2, 0.25) is 18.1 Å². The molecule has 3 aliphatic rings. The van der Waals surface area contributed by atoms with Crippen LogP contribution in [-0.4, -0.2) is 131 Å². The third kappa shape index (κ3) is 11.5. The molecule has 28 heteroatoms. The third-order valence-electron chi connectivity index (χ3n) is 11.8. The summed E-state index contributed by atoms with van der Waals surface area (Å²) < 4.78 is 92.4. The number of halogens is 1. The van der Waals surface area contributed by atoms with Crippen LogP contribution in [0.25, 0.3) is 31.9 Å². The predicted molar refractivity (Wildman–Crippen MR) is 250 cm³/mol. The zero-order chi connectivity index (χ0) is 50.4. The molecule has 0 saturated carbocycles. The molecule has 0 radical (unpaired) electrons. The molecular weight excluding hydrogens is 994 g/mol. The Morgan fingerprint density at radius 2 is 1.63 bits per heavy atom. The summed E-state index contributed by atoms with van der Waals surface area (Å²) in [7, 11) is -7.58. The zero-order valence-corrected chi connectivity index (χ0v) is 42.3. The number of imidazole rings is 1. The van der Waals surface area contributed by atoms with Gasteiger partial charge in [0.2, 0.25) is 13.1 Å². The summed E-state index contributed by atoms with van der Waals surface area (Å²) in [6.45, 7) is 20.9. The Balaban J connectivity index is 0.00000235.